The van der Waals surface area contributed by atoms with Crippen LogP contribution < -0.4 is 4.90 Å². The fourth-order valence-corrected chi connectivity index (χ4v) is 3.83. The van der Waals surface area contributed by atoms with E-state index in [0.717, 1.165) is 15.7 Å². The molecule has 1 saturated heterocycles. The van der Waals surface area contributed by atoms with Crippen LogP contribution in [0.5, 0.6) is 0 Å². The highest BCUT2D eigenvalue weighted by atomic mass is 79.9. The summed E-state index contributed by atoms with van der Waals surface area (Å²) < 4.78 is 15.0. The SMILES string of the molecule is Cc1cc(N2C(=O)CS[C@@H]2c2ccccc2F)ccc1Br. The Morgan fingerprint density at radius 1 is 1.29 bits per heavy atom. The molecule has 0 aromatic heterocycles. The van der Waals surface area contributed by atoms with Gasteiger partial charge in [0.05, 0.1) is 5.75 Å². The summed E-state index contributed by atoms with van der Waals surface area (Å²) >= 11 is 4.91. The number of benzene rings is 2. The maximum absolute atomic E-state index is 14.0. The summed E-state index contributed by atoms with van der Waals surface area (Å²) in [5, 5.41) is -0.306. The van der Waals surface area contributed by atoms with Gasteiger partial charge >= 0.3 is 0 Å². The first-order valence-electron chi connectivity index (χ1n) is 6.52. The Kier molecular flexibility index (Phi) is 4.04. The first-order valence-corrected chi connectivity index (χ1v) is 8.36. The van der Waals surface area contributed by atoms with Crippen molar-refractivity contribution in [3.63, 3.8) is 0 Å². The molecule has 0 aliphatic carbocycles. The van der Waals surface area contributed by atoms with E-state index in [-0.39, 0.29) is 17.1 Å². The summed E-state index contributed by atoms with van der Waals surface area (Å²) in [5.41, 5.74) is 2.40. The van der Waals surface area contributed by atoms with Crippen LogP contribution in [-0.2, 0) is 4.79 Å². The number of hydrogen-bond donors (Lipinski definition) is 0. The van der Waals surface area contributed by atoms with E-state index in [4.69, 9.17) is 0 Å². The van der Waals surface area contributed by atoms with Crippen molar-refractivity contribution in [2.75, 3.05) is 10.7 Å². The number of anilines is 1. The Morgan fingerprint density at radius 3 is 2.76 bits per heavy atom. The van der Waals surface area contributed by atoms with Gasteiger partial charge in [0.15, 0.2) is 0 Å². The van der Waals surface area contributed by atoms with Crippen LogP contribution in [0.1, 0.15) is 16.5 Å². The van der Waals surface area contributed by atoms with Gasteiger partial charge in [-0.1, -0.05) is 34.1 Å². The number of hydrogen-bond acceptors (Lipinski definition) is 2. The Labute approximate surface area is 135 Å². The van der Waals surface area contributed by atoms with Crippen LogP contribution in [0.2, 0.25) is 0 Å². The minimum atomic E-state index is -0.306. The summed E-state index contributed by atoms with van der Waals surface area (Å²) in [4.78, 5) is 13.9. The predicted molar refractivity (Wildman–Crippen MR) is 88.0 cm³/mol. The summed E-state index contributed by atoms with van der Waals surface area (Å²) in [7, 11) is 0. The average molecular weight is 366 g/mol. The molecule has 1 atom stereocenters. The third-order valence-electron chi connectivity index (χ3n) is 3.46. The third-order valence-corrected chi connectivity index (χ3v) is 5.54. The van der Waals surface area contributed by atoms with Crippen molar-refractivity contribution in [3.05, 3.63) is 63.9 Å². The Morgan fingerprint density at radius 2 is 2.05 bits per heavy atom. The predicted octanol–water partition coefficient (Wildman–Crippen LogP) is 4.68. The normalized spacial score (nSPS) is 18.3. The quantitative estimate of drug-likeness (QED) is 0.770. The monoisotopic (exact) mass is 365 g/mol. The Bertz CT molecular complexity index is 706. The van der Waals surface area contributed by atoms with Gasteiger partial charge < -0.3 is 0 Å². The molecule has 0 unspecified atom stereocenters. The zero-order chi connectivity index (χ0) is 15.0. The van der Waals surface area contributed by atoms with Crippen molar-refractivity contribution in [1.29, 1.82) is 0 Å². The highest BCUT2D eigenvalue weighted by Crippen LogP contribution is 2.43. The number of thioether (sulfide) groups is 1. The molecule has 0 saturated carbocycles. The molecule has 1 aliphatic rings. The van der Waals surface area contributed by atoms with Crippen LogP contribution >= 0.6 is 27.7 Å². The van der Waals surface area contributed by atoms with Crippen molar-refractivity contribution in [3.8, 4) is 0 Å². The molecule has 2 aromatic rings. The van der Waals surface area contributed by atoms with Gasteiger partial charge in [-0.2, -0.15) is 0 Å². The molecule has 0 spiro atoms. The lowest BCUT2D eigenvalue weighted by atomic mass is 10.1. The van der Waals surface area contributed by atoms with Gasteiger partial charge in [-0.3, -0.25) is 9.69 Å². The number of carbonyl (C=O) groups excluding carboxylic acids is 1. The molecule has 1 fully saturated rings. The van der Waals surface area contributed by atoms with Gasteiger partial charge in [-0.05, 0) is 36.8 Å². The van der Waals surface area contributed by atoms with Crippen molar-refractivity contribution in [2.45, 2.75) is 12.3 Å². The lowest BCUT2D eigenvalue weighted by Gasteiger charge is -2.25. The van der Waals surface area contributed by atoms with Gasteiger partial charge in [-0.15, -0.1) is 11.8 Å². The van der Waals surface area contributed by atoms with Crippen molar-refractivity contribution < 1.29 is 9.18 Å². The summed E-state index contributed by atoms with van der Waals surface area (Å²) in [6, 6.07) is 12.4. The van der Waals surface area contributed by atoms with Crippen LogP contribution in [0.15, 0.2) is 46.9 Å². The zero-order valence-corrected chi connectivity index (χ0v) is 13.7. The van der Waals surface area contributed by atoms with E-state index in [1.807, 2.05) is 25.1 Å². The number of halogens is 2. The third kappa shape index (κ3) is 2.72. The van der Waals surface area contributed by atoms with Crippen LogP contribution in [0.4, 0.5) is 10.1 Å². The molecule has 1 aliphatic heterocycles. The van der Waals surface area contributed by atoms with E-state index in [9.17, 15) is 9.18 Å². The molecule has 21 heavy (non-hydrogen) atoms. The summed E-state index contributed by atoms with van der Waals surface area (Å²) in [5.74, 6) is 0.104. The van der Waals surface area contributed by atoms with Crippen molar-refractivity contribution >= 4 is 39.3 Å². The second-order valence-electron chi connectivity index (χ2n) is 4.88. The second-order valence-corrected chi connectivity index (χ2v) is 6.80. The van der Waals surface area contributed by atoms with E-state index in [1.54, 1.807) is 23.1 Å². The first kappa shape index (κ1) is 14.6. The zero-order valence-electron chi connectivity index (χ0n) is 11.3. The molecule has 0 bridgehead atoms. The molecule has 1 amide bonds. The van der Waals surface area contributed by atoms with Crippen LogP contribution in [0.3, 0.4) is 0 Å². The fourth-order valence-electron chi connectivity index (χ4n) is 2.39. The van der Waals surface area contributed by atoms with Crippen molar-refractivity contribution in [1.82, 2.24) is 0 Å². The van der Waals surface area contributed by atoms with Crippen LogP contribution in [0.25, 0.3) is 0 Å². The first-order chi connectivity index (χ1) is 10.1. The molecule has 5 heteroatoms. The van der Waals surface area contributed by atoms with Crippen LogP contribution in [0, 0.1) is 12.7 Å². The molecule has 0 radical (unpaired) electrons. The molecule has 108 valence electrons. The van der Waals surface area contributed by atoms with Crippen molar-refractivity contribution in [2.24, 2.45) is 0 Å². The minimum Gasteiger partial charge on any atom is -0.295 e. The largest absolute Gasteiger partial charge is 0.295 e. The summed E-state index contributed by atoms with van der Waals surface area (Å²) in [6.45, 7) is 1.97. The molecule has 2 aromatic carbocycles. The maximum atomic E-state index is 14.0. The number of amides is 1. The topological polar surface area (TPSA) is 20.3 Å². The second kappa shape index (κ2) is 5.81. The standard InChI is InChI=1S/C16H13BrFNOS/c1-10-8-11(6-7-13(10)17)19-15(20)9-21-16(19)12-4-2-3-5-14(12)18/h2-8,16H,9H2,1H3/t16-/m1/s1. The Balaban J connectivity index is 2.04. The molecular formula is C16H13BrFNOS. The van der Waals surface area contributed by atoms with E-state index in [0.29, 0.717) is 11.3 Å². The molecule has 0 N–H and O–H groups in total. The summed E-state index contributed by atoms with van der Waals surface area (Å²) in [6.07, 6.45) is 0. The Hall–Kier alpha value is -1.33. The van der Waals surface area contributed by atoms with Gasteiger partial charge in [0, 0.05) is 15.7 Å². The molecule has 3 rings (SSSR count). The number of rotatable bonds is 2. The van der Waals surface area contributed by atoms with Gasteiger partial charge in [0.1, 0.15) is 11.2 Å². The average Bonchev–Trinajstić information content (AvgIpc) is 2.84. The highest BCUT2D eigenvalue weighted by molar-refractivity contribution is 9.10. The van der Waals surface area contributed by atoms with E-state index in [2.05, 4.69) is 15.9 Å². The minimum absolute atomic E-state index is 0.00924. The molecule has 1 heterocycles. The van der Waals surface area contributed by atoms with Gasteiger partial charge in [0.25, 0.3) is 0 Å². The highest BCUT2D eigenvalue weighted by Gasteiger charge is 2.35. The van der Waals surface area contributed by atoms with E-state index >= 15 is 0 Å². The number of nitrogens with zero attached hydrogens (tertiary/aromatic N) is 1. The maximum Gasteiger partial charge on any atom is 0.238 e. The fraction of sp³-hybridized carbons (Fsp3) is 0.188. The molecule has 2 nitrogen and oxygen atoms in total. The van der Waals surface area contributed by atoms with Gasteiger partial charge in [0.2, 0.25) is 5.91 Å². The lowest BCUT2D eigenvalue weighted by Crippen LogP contribution is -2.28. The van der Waals surface area contributed by atoms with Crippen LogP contribution in [-0.4, -0.2) is 11.7 Å². The lowest BCUT2D eigenvalue weighted by molar-refractivity contribution is -0.115. The smallest absolute Gasteiger partial charge is 0.238 e. The molecular weight excluding hydrogens is 353 g/mol. The van der Waals surface area contributed by atoms with Gasteiger partial charge in [-0.25, -0.2) is 4.39 Å². The van der Waals surface area contributed by atoms with E-state index < -0.39 is 0 Å². The van der Waals surface area contributed by atoms with E-state index in [1.165, 1.54) is 17.8 Å². The number of aryl methyl sites for hydroxylation is 1. The number of carbonyl (C=O) groups is 1.